The maximum absolute atomic E-state index is 12.9. The van der Waals surface area contributed by atoms with Gasteiger partial charge in [0.25, 0.3) is 5.91 Å². The summed E-state index contributed by atoms with van der Waals surface area (Å²) < 4.78 is 0. The van der Waals surface area contributed by atoms with E-state index in [4.69, 9.17) is 10.7 Å². The van der Waals surface area contributed by atoms with Crippen molar-refractivity contribution in [3.8, 4) is 0 Å². The molecule has 1 amide bonds. The number of nitrogen functional groups attached to an aromatic ring is 1. The van der Waals surface area contributed by atoms with Gasteiger partial charge in [0.15, 0.2) is 0 Å². The summed E-state index contributed by atoms with van der Waals surface area (Å²) >= 11 is 0. The number of benzene rings is 1. The van der Waals surface area contributed by atoms with Gasteiger partial charge in [-0.05, 0) is 37.0 Å². The summed E-state index contributed by atoms with van der Waals surface area (Å²) in [5.74, 6) is 0.438. The number of nitrogens with two attached hydrogens (primary N) is 1. The average Bonchev–Trinajstić information content (AvgIpc) is 3.17. The van der Waals surface area contributed by atoms with Crippen molar-refractivity contribution in [3.63, 3.8) is 0 Å². The van der Waals surface area contributed by atoms with Gasteiger partial charge >= 0.3 is 0 Å². The number of nitrogens with zero attached hydrogens (tertiary/aromatic N) is 3. The van der Waals surface area contributed by atoms with Gasteiger partial charge in [-0.15, -0.1) is 0 Å². The number of para-hydroxylation sites is 1. The largest absolute Gasteiger partial charge is 0.397 e. The number of piperidine rings is 1. The average molecular weight is 363 g/mol. The summed E-state index contributed by atoms with van der Waals surface area (Å²) in [5, 5.41) is 8.22. The summed E-state index contributed by atoms with van der Waals surface area (Å²) in [6, 6.07) is 11.8. The zero-order valence-electron chi connectivity index (χ0n) is 15.8. The molecule has 1 aliphatic heterocycles. The van der Waals surface area contributed by atoms with Crippen LogP contribution in [-0.4, -0.2) is 39.1 Å². The van der Waals surface area contributed by atoms with Crippen LogP contribution in [0.15, 0.2) is 36.4 Å². The van der Waals surface area contributed by atoms with E-state index < -0.39 is 0 Å². The van der Waals surface area contributed by atoms with Crippen LogP contribution >= 0.6 is 0 Å². The first-order valence-electron chi connectivity index (χ1n) is 9.52. The number of likely N-dealkylation sites (tertiary alicyclic amines) is 1. The molecular formula is C21H25N5O. The van der Waals surface area contributed by atoms with Crippen molar-refractivity contribution in [1.29, 1.82) is 0 Å². The van der Waals surface area contributed by atoms with E-state index in [1.165, 1.54) is 0 Å². The predicted octanol–water partition coefficient (Wildman–Crippen LogP) is 3.68. The molecule has 140 valence electrons. The van der Waals surface area contributed by atoms with E-state index in [1.54, 1.807) is 0 Å². The SMILES string of the molecule is CC(C)c1cc(C(=O)N2CCCC(c3nc4ccccc4cc3N)C2)n[nH]1. The van der Waals surface area contributed by atoms with Crippen LogP contribution in [0.25, 0.3) is 10.9 Å². The molecule has 0 aliphatic carbocycles. The van der Waals surface area contributed by atoms with Crippen LogP contribution in [0.5, 0.6) is 0 Å². The second-order valence-corrected chi connectivity index (χ2v) is 7.61. The van der Waals surface area contributed by atoms with Gasteiger partial charge in [0.2, 0.25) is 0 Å². The number of rotatable bonds is 3. The summed E-state index contributed by atoms with van der Waals surface area (Å²) in [6.07, 6.45) is 1.92. The summed E-state index contributed by atoms with van der Waals surface area (Å²) in [7, 11) is 0. The molecule has 1 aliphatic rings. The van der Waals surface area contributed by atoms with Gasteiger partial charge < -0.3 is 10.6 Å². The van der Waals surface area contributed by atoms with E-state index in [0.29, 0.717) is 23.8 Å². The van der Waals surface area contributed by atoms with Crippen LogP contribution in [0.4, 0.5) is 5.69 Å². The fraction of sp³-hybridized carbons (Fsp3) is 0.381. The number of H-pyrrole nitrogens is 1. The highest BCUT2D eigenvalue weighted by atomic mass is 16.2. The molecule has 1 unspecified atom stereocenters. The van der Waals surface area contributed by atoms with Gasteiger partial charge in [0, 0.05) is 30.1 Å². The van der Waals surface area contributed by atoms with Gasteiger partial charge in [-0.3, -0.25) is 14.9 Å². The number of aromatic amines is 1. The molecule has 1 atom stereocenters. The lowest BCUT2D eigenvalue weighted by Crippen LogP contribution is -2.39. The molecule has 6 nitrogen and oxygen atoms in total. The van der Waals surface area contributed by atoms with Gasteiger partial charge in [0.05, 0.1) is 16.9 Å². The second-order valence-electron chi connectivity index (χ2n) is 7.61. The number of anilines is 1. The lowest BCUT2D eigenvalue weighted by Gasteiger charge is -2.32. The van der Waals surface area contributed by atoms with E-state index in [1.807, 2.05) is 41.3 Å². The lowest BCUT2D eigenvalue weighted by molar-refractivity contribution is 0.0700. The first-order chi connectivity index (χ1) is 13.0. The summed E-state index contributed by atoms with van der Waals surface area (Å²) in [5.41, 5.74) is 10.3. The Kier molecular flexibility index (Phi) is 4.56. The van der Waals surface area contributed by atoms with Crippen molar-refractivity contribution >= 4 is 22.5 Å². The molecular weight excluding hydrogens is 338 g/mol. The van der Waals surface area contributed by atoms with Gasteiger partial charge in [-0.1, -0.05) is 32.0 Å². The molecule has 0 radical (unpaired) electrons. The minimum Gasteiger partial charge on any atom is -0.397 e. The third kappa shape index (κ3) is 3.39. The molecule has 0 spiro atoms. The Morgan fingerprint density at radius 3 is 2.89 bits per heavy atom. The normalized spacial score (nSPS) is 17.6. The van der Waals surface area contributed by atoms with Crippen LogP contribution in [0.2, 0.25) is 0 Å². The number of pyridine rings is 1. The van der Waals surface area contributed by atoms with E-state index in [0.717, 1.165) is 41.7 Å². The first-order valence-corrected chi connectivity index (χ1v) is 9.52. The minimum atomic E-state index is -0.0257. The number of hydrogen-bond donors (Lipinski definition) is 2. The second kappa shape index (κ2) is 7.02. The fourth-order valence-electron chi connectivity index (χ4n) is 3.76. The molecule has 3 heterocycles. The van der Waals surface area contributed by atoms with Crippen molar-refractivity contribution in [2.24, 2.45) is 0 Å². The molecule has 2 aromatic heterocycles. The van der Waals surface area contributed by atoms with Crippen LogP contribution < -0.4 is 5.73 Å². The van der Waals surface area contributed by atoms with Crippen LogP contribution in [0.1, 0.15) is 60.4 Å². The van der Waals surface area contributed by atoms with Crippen molar-refractivity contribution in [2.45, 2.75) is 38.5 Å². The van der Waals surface area contributed by atoms with E-state index in [-0.39, 0.29) is 11.8 Å². The first kappa shape index (κ1) is 17.5. The summed E-state index contributed by atoms with van der Waals surface area (Å²) in [6.45, 7) is 5.52. The number of carbonyl (C=O) groups is 1. The monoisotopic (exact) mass is 363 g/mol. The van der Waals surface area contributed by atoms with Crippen molar-refractivity contribution in [3.05, 3.63) is 53.5 Å². The van der Waals surface area contributed by atoms with E-state index in [9.17, 15) is 4.79 Å². The summed E-state index contributed by atoms with van der Waals surface area (Å²) in [4.78, 5) is 19.6. The molecule has 0 bridgehead atoms. The molecule has 3 aromatic rings. The zero-order chi connectivity index (χ0) is 19.0. The quantitative estimate of drug-likeness (QED) is 0.743. The number of nitrogens with one attached hydrogen (secondary N) is 1. The van der Waals surface area contributed by atoms with Crippen LogP contribution in [0, 0.1) is 0 Å². The number of hydrogen-bond acceptors (Lipinski definition) is 4. The van der Waals surface area contributed by atoms with Crippen molar-refractivity contribution in [1.82, 2.24) is 20.1 Å². The Bertz CT molecular complexity index is 978. The standard InChI is InChI=1S/C21H25N5O/c1-13(2)18-11-19(25-24-18)21(27)26-9-5-7-15(12-26)20-16(22)10-14-6-3-4-8-17(14)23-20/h3-4,6,8,10-11,13,15H,5,7,9,12,22H2,1-2H3,(H,24,25). The maximum Gasteiger partial charge on any atom is 0.274 e. The Labute approximate surface area is 158 Å². The minimum absolute atomic E-state index is 0.0257. The number of amides is 1. The molecule has 3 N–H and O–H groups in total. The number of aromatic nitrogens is 3. The molecule has 0 saturated carbocycles. The Balaban J connectivity index is 1.57. The molecule has 4 rings (SSSR count). The third-order valence-corrected chi connectivity index (χ3v) is 5.32. The fourth-order valence-corrected chi connectivity index (χ4v) is 3.76. The van der Waals surface area contributed by atoms with Gasteiger partial charge in [-0.25, -0.2) is 0 Å². The van der Waals surface area contributed by atoms with Crippen LogP contribution in [-0.2, 0) is 0 Å². The molecule has 1 saturated heterocycles. The predicted molar refractivity (Wildman–Crippen MR) is 107 cm³/mol. The van der Waals surface area contributed by atoms with Crippen molar-refractivity contribution < 1.29 is 4.79 Å². The topological polar surface area (TPSA) is 87.9 Å². The zero-order valence-corrected chi connectivity index (χ0v) is 15.8. The van der Waals surface area contributed by atoms with E-state index in [2.05, 4.69) is 24.0 Å². The molecule has 1 aromatic carbocycles. The molecule has 6 heteroatoms. The Morgan fingerprint density at radius 2 is 2.11 bits per heavy atom. The van der Waals surface area contributed by atoms with Crippen LogP contribution in [0.3, 0.4) is 0 Å². The molecule has 1 fully saturated rings. The van der Waals surface area contributed by atoms with Gasteiger partial charge in [0.1, 0.15) is 5.69 Å². The number of fused-ring (bicyclic) bond motifs is 1. The highest BCUT2D eigenvalue weighted by molar-refractivity contribution is 5.92. The lowest BCUT2D eigenvalue weighted by atomic mass is 9.92. The smallest absolute Gasteiger partial charge is 0.274 e. The highest BCUT2D eigenvalue weighted by Gasteiger charge is 2.29. The van der Waals surface area contributed by atoms with Gasteiger partial charge in [-0.2, -0.15) is 5.10 Å². The highest BCUT2D eigenvalue weighted by Crippen LogP contribution is 2.31. The Morgan fingerprint density at radius 1 is 1.30 bits per heavy atom. The maximum atomic E-state index is 12.9. The Hall–Kier alpha value is -2.89. The third-order valence-electron chi connectivity index (χ3n) is 5.32. The number of carbonyl (C=O) groups excluding carboxylic acids is 1. The van der Waals surface area contributed by atoms with E-state index >= 15 is 0 Å². The molecule has 27 heavy (non-hydrogen) atoms. The van der Waals surface area contributed by atoms with Crippen molar-refractivity contribution in [2.75, 3.05) is 18.8 Å².